The fourth-order valence-corrected chi connectivity index (χ4v) is 2.40. The van der Waals surface area contributed by atoms with Crippen molar-refractivity contribution >= 4 is 22.8 Å². The summed E-state index contributed by atoms with van der Waals surface area (Å²) in [7, 11) is 0. The summed E-state index contributed by atoms with van der Waals surface area (Å²) >= 11 is 5.96. The van der Waals surface area contributed by atoms with Crippen LogP contribution < -0.4 is 5.69 Å². The first kappa shape index (κ1) is 12.7. The van der Waals surface area contributed by atoms with E-state index in [1.807, 2.05) is 6.92 Å². The lowest BCUT2D eigenvalue weighted by Crippen LogP contribution is -2.22. The van der Waals surface area contributed by atoms with Crippen LogP contribution in [-0.2, 0) is 6.54 Å². The third kappa shape index (κ3) is 1.87. The van der Waals surface area contributed by atoms with Gasteiger partial charge in [0.15, 0.2) is 5.65 Å². The molecule has 3 rings (SSSR count). The molecule has 3 aromatic rings. The molecule has 2 aromatic heterocycles. The largest absolute Gasteiger partial charge is 0.508 e. The first-order chi connectivity index (χ1) is 9.61. The Bertz CT molecular complexity index is 834. The molecule has 0 spiro atoms. The summed E-state index contributed by atoms with van der Waals surface area (Å²) in [6.07, 6.45) is 1.51. The molecule has 0 saturated heterocycles. The number of hydrogen-bond acceptors (Lipinski definition) is 3. The summed E-state index contributed by atoms with van der Waals surface area (Å²) in [5.74, 6) is 0.150. The van der Waals surface area contributed by atoms with E-state index < -0.39 is 0 Å². The van der Waals surface area contributed by atoms with Crippen molar-refractivity contribution in [3.63, 3.8) is 0 Å². The molecule has 2 heterocycles. The fourth-order valence-electron chi connectivity index (χ4n) is 2.25. The van der Waals surface area contributed by atoms with Gasteiger partial charge in [0, 0.05) is 12.7 Å². The first-order valence-corrected chi connectivity index (χ1v) is 6.56. The van der Waals surface area contributed by atoms with Crippen LogP contribution in [0.3, 0.4) is 0 Å². The van der Waals surface area contributed by atoms with Crippen LogP contribution in [0, 0.1) is 0 Å². The molecule has 102 valence electrons. The summed E-state index contributed by atoms with van der Waals surface area (Å²) < 4.78 is 3.12. The number of imidazole rings is 1. The van der Waals surface area contributed by atoms with Crippen LogP contribution in [-0.4, -0.2) is 19.2 Å². The second-order valence-corrected chi connectivity index (χ2v) is 4.81. The second kappa shape index (κ2) is 4.68. The molecule has 0 radical (unpaired) electrons. The maximum Gasteiger partial charge on any atom is 0.334 e. The maximum absolute atomic E-state index is 12.5. The van der Waals surface area contributed by atoms with Crippen molar-refractivity contribution in [2.75, 3.05) is 0 Å². The topological polar surface area (TPSA) is 60.0 Å². The van der Waals surface area contributed by atoms with Crippen molar-refractivity contribution in [1.29, 1.82) is 0 Å². The number of fused-ring (bicyclic) bond motifs is 1. The van der Waals surface area contributed by atoms with E-state index >= 15 is 0 Å². The SMILES string of the molecule is CCn1c(=O)n(-c2ccc(O)cc2)c2ncc(Cl)cc21. The summed E-state index contributed by atoms with van der Waals surface area (Å²) in [6.45, 7) is 2.42. The molecule has 0 amide bonds. The number of aromatic hydroxyl groups is 1. The lowest BCUT2D eigenvalue weighted by atomic mass is 10.3. The van der Waals surface area contributed by atoms with Crippen LogP contribution in [0.4, 0.5) is 0 Å². The Morgan fingerprint density at radius 2 is 2.00 bits per heavy atom. The predicted octanol–water partition coefficient (Wildman–Crippen LogP) is 2.57. The molecule has 6 heteroatoms. The van der Waals surface area contributed by atoms with Crippen molar-refractivity contribution in [3.05, 3.63) is 52.0 Å². The number of rotatable bonds is 2. The Hall–Kier alpha value is -2.27. The number of phenols is 1. The summed E-state index contributed by atoms with van der Waals surface area (Å²) in [6, 6.07) is 8.14. The number of aryl methyl sites for hydroxylation is 1. The Balaban J connectivity index is 2.38. The number of halogens is 1. The van der Waals surface area contributed by atoms with E-state index in [0.29, 0.717) is 28.4 Å². The van der Waals surface area contributed by atoms with E-state index in [4.69, 9.17) is 11.6 Å². The Morgan fingerprint density at radius 1 is 1.30 bits per heavy atom. The number of benzene rings is 1. The van der Waals surface area contributed by atoms with Gasteiger partial charge >= 0.3 is 5.69 Å². The standard InChI is InChI=1S/C14H12ClN3O2/c1-2-17-12-7-9(15)8-16-13(12)18(14(17)20)10-3-5-11(19)6-4-10/h3-8,19H,2H2,1H3. The Labute approximate surface area is 119 Å². The maximum atomic E-state index is 12.5. The van der Waals surface area contributed by atoms with Crippen LogP contribution in [0.1, 0.15) is 6.92 Å². The van der Waals surface area contributed by atoms with Gasteiger partial charge in [0.2, 0.25) is 0 Å². The van der Waals surface area contributed by atoms with Gasteiger partial charge in [-0.25, -0.2) is 14.3 Å². The molecular formula is C14H12ClN3O2. The van der Waals surface area contributed by atoms with Gasteiger partial charge in [0.25, 0.3) is 0 Å². The van der Waals surface area contributed by atoms with Gasteiger partial charge < -0.3 is 5.11 Å². The summed E-state index contributed by atoms with van der Waals surface area (Å²) in [5, 5.41) is 9.84. The average molecular weight is 290 g/mol. The minimum atomic E-state index is -0.178. The van der Waals surface area contributed by atoms with Gasteiger partial charge in [-0.2, -0.15) is 0 Å². The minimum Gasteiger partial charge on any atom is -0.508 e. The summed E-state index contributed by atoms with van der Waals surface area (Å²) in [4.78, 5) is 16.8. The lowest BCUT2D eigenvalue weighted by Gasteiger charge is -2.02. The van der Waals surface area contributed by atoms with Crippen molar-refractivity contribution in [2.45, 2.75) is 13.5 Å². The van der Waals surface area contributed by atoms with Crippen molar-refractivity contribution < 1.29 is 5.11 Å². The average Bonchev–Trinajstić information content (AvgIpc) is 2.71. The van der Waals surface area contributed by atoms with E-state index in [1.165, 1.54) is 22.9 Å². The Morgan fingerprint density at radius 3 is 2.65 bits per heavy atom. The molecule has 0 aliphatic carbocycles. The molecule has 0 atom stereocenters. The van der Waals surface area contributed by atoms with Crippen LogP contribution in [0.15, 0.2) is 41.3 Å². The van der Waals surface area contributed by atoms with E-state index in [-0.39, 0.29) is 11.4 Å². The molecule has 0 bridgehead atoms. The van der Waals surface area contributed by atoms with Crippen LogP contribution in [0.25, 0.3) is 16.9 Å². The molecule has 1 aromatic carbocycles. The third-order valence-corrected chi connectivity index (χ3v) is 3.37. The Kier molecular flexibility index (Phi) is 2.99. The van der Waals surface area contributed by atoms with E-state index in [0.717, 1.165) is 0 Å². The van der Waals surface area contributed by atoms with E-state index in [2.05, 4.69) is 4.98 Å². The molecule has 0 saturated carbocycles. The highest BCUT2D eigenvalue weighted by molar-refractivity contribution is 6.31. The number of pyridine rings is 1. The molecule has 1 N–H and O–H groups in total. The number of nitrogens with zero attached hydrogens (tertiary/aromatic N) is 3. The van der Waals surface area contributed by atoms with Crippen LogP contribution in [0.2, 0.25) is 5.02 Å². The molecule has 0 aliphatic heterocycles. The number of aromatic nitrogens is 3. The second-order valence-electron chi connectivity index (χ2n) is 4.37. The highest BCUT2D eigenvalue weighted by atomic mass is 35.5. The van der Waals surface area contributed by atoms with E-state index in [9.17, 15) is 9.90 Å². The van der Waals surface area contributed by atoms with Gasteiger partial charge in [-0.05, 0) is 37.3 Å². The molecule has 20 heavy (non-hydrogen) atoms. The highest BCUT2D eigenvalue weighted by Gasteiger charge is 2.15. The van der Waals surface area contributed by atoms with Gasteiger partial charge in [-0.1, -0.05) is 11.6 Å². The van der Waals surface area contributed by atoms with Gasteiger partial charge in [0.1, 0.15) is 5.75 Å². The van der Waals surface area contributed by atoms with Crippen LogP contribution >= 0.6 is 11.6 Å². The quantitative estimate of drug-likeness (QED) is 0.789. The number of hydrogen-bond donors (Lipinski definition) is 1. The fraction of sp³-hybridized carbons (Fsp3) is 0.143. The van der Waals surface area contributed by atoms with Crippen molar-refractivity contribution in [1.82, 2.24) is 14.1 Å². The van der Waals surface area contributed by atoms with Crippen molar-refractivity contribution in [3.8, 4) is 11.4 Å². The predicted molar refractivity (Wildman–Crippen MR) is 77.7 cm³/mol. The first-order valence-electron chi connectivity index (χ1n) is 6.18. The molecule has 0 aliphatic rings. The molecule has 0 fully saturated rings. The van der Waals surface area contributed by atoms with Gasteiger partial charge in [-0.15, -0.1) is 0 Å². The smallest absolute Gasteiger partial charge is 0.334 e. The lowest BCUT2D eigenvalue weighted by molar-refractivity contribution is 0.475. The zero-order valence-electron chi connectivity index (χ0n) is 10.7. The molecule has 0 unspecified atom stereocenters. The van der Waals surface area contributed by atoms with Gasteiger partial charge in [0.05, 0.1) is 16.2 Å². The zero-order chi connectivity index (χ0) is 14.3. The monoisotopic (exact) mass is 289 g/mol. The molecule has 5 nitrogen and oxygen atoms in total. The summed E-state index contributed by atoms with van der Waals surface area (Å²) in [5.41, 5.74) is 1.72. The highest BCUT2D eigenvalue weighted by Crippen LogP contribution is 2.20. The van der Waals surface area contributed by atoms with Crippen molar-refractivity contribution in [2.24, 2.45) is 0 Å². The normalized spacial score (nSPS) is 11.1. The van der Waals surface area contributed by atoms with E-state index in [1.54, 1.807) is 22.8 Å². The van der Waals surface area contributed by atoms with Gasteiger partial charge in [-0.3, -0.25) is 4.57 Å². The number of phenolic OH excluding ortho intramolecular Hbond substituents is 1. The molecular weight excluding hydrogens is 278 g/mol. The zero-order valence-corrected chi connectivity index (χ0v) is 11.5. The minimum absolute atomic E-state index is 0.150. The van der Waals surface area contributed by atoms with Crippen LogP contribution in [0.5, 0.6) is 5.75 Å². The third-order valence-electron chi connectivity index (χ3n) is 3.16.